The van der Waals surface area contributed by atoms with Crippen LogP contribution < -0.4 is 4.80 Å². The van der Waals surface area contributed by atoms with Gasteiger partial charge in [-0.1, -0.05) is 37.3 Å². The van der Waals surface area contributed by atoms with Crippen molar-refractivity contribution in [2.45, 2.75) is 26.8 Å². The topological polar surface area (TPSA) is 98.0 Å². The fraction of sp³-hybridized carbons (Fsp3) is 0.571. The maximum atomic E-state index is 12.5. The van der Waals surface area contributed by atoms with Crippen LogP contribution in [0.1, 0.15) is 20.3 Å². The molecule has 1 fully saturated rings. The highest BCUT2D eigenvalue weighted by molar-refractivity contribution is 7.92. The first-order valence-electron chi connectivity index (χ1n) is 10.3. The number of carbonyl (C=O) groups excluding carboxylic acids is 2. The summed E-state index contributed by atoms with van der Waals surface area (Å²) in [4.78, 5) is 31.1. The number of para-hydroxylation sites is 1. The summed E-state index contributed by atoms with van der Waals surface area (Å²) in [6.07, 6.45) is 1.02. The van der Waals surface area contributed by atoms with Crippen LogP contribution in [0.2, 0.25) is 0 Å². The third kappa shape index (κ3) is 6.24. The Labute approximate surface area is 186 Å². The average molecular weight is 468 g/mol. The van der Waals surface area contributed by atoms with Gasteiger partial charge in [-0.3, -0.25) is 9.59 Å². The van der Waals surface area contributed by atoms with Gasteiger partial charge in [0.1, 0.15) is 11.5 Å². The van der Waals surface area contributed by atoms with Gasteiger partial charge in [0.2, 0.25) is 5.91 Å². The molecule has 10 heteroatoms. The summed E-state index contributed by atoms with van der Waals surface area (Å²) in [6, 6.07) is 7.62. The molecule has 0 N–H and O–H groups in total. The summed E-state index contributed by atoms with van der Waals surface area (Å²) in [5, 5.41) is 0. The lowest BCUT2D eigenvalue weighted by Gasteiger charge is -2.34. The van der Waals surface area contributed by atoms with Gasteiger partial charge in [0.05, 0.1) is 16.8 Å². The molecule has 1 aromatic heterocycles. The third-order valence-corrected chi connectivity index (χ3v) is 7.67. The number of amides is 2. The van der Waals surface area contributed by atoms with Crippen molar-refractivity contribution in [2.75, 3.05) is 38.3 Å². The lowest BCUT2D eigenvalue weighted by atomic mass is 9.92. The number of thiazole rings is 1. The molecule has 1 aliphatic heterocycles. The first-order chi connectivity index (χ1) is 14.7. The molecule has 0 bridgehead atoms. The second-order valence-electron chi connectivity index (χ2n) is 8.28. The summed E-state index contributed by atoms with van der Waals surface area (Å²) in [7, 11) is -2.32. The summed E-state index contributed by atoms with van der Waals surface area (Å²) < 4.78 is 33.0. The Morgan fingerprint density at radius 2 is 1.84 bits per heavy atom. The Morgan fingerprint density at radius 1 is 1.16 bits per heavy atom. The molecule has 0 saturated carbocycles. The standard InChI is InChI=1S/C21H29N3O5S2/c1-15-10-16(2)12-23(11-15)20(26)14-31(27,28)13-19(25)22-21-24(8-9-29-3)17-6-4-5-7-18(17)30-21/h4-7,15-16H,8-14H2,1-3H3. The molecule has 2 aromatic rings. The van der Waals surface area contributed by atoms with Gasteiger partial charge in [0.15, 0.2) is 14.6 Å². The number of likely N-dealkylation sites (tertiary alicyclic amines) is 1. The number of rotatable bonds is 7. The normalized spacial score (nSPS) is 20.4. The van der Waals surface area contributed by atoms with Crippen LogP contribution in [0.5, 0.6) is 0 Å². The molecule has 170 valence electrons. The van der Waals surface area contributed by atoms with E-state index in [0.29, 0.717) is 42.9 Å². The van der Waals surface area contributed by atoms with Crippen LogP contribution in [-0.2, 0) is 30.7 Å². The molecule has 2 amide bonds. The van der Waals surface area contributed by atoms with Crippen LogP contribution in [0.4, 0.5) is 0 Å². The number of sulfone groups is 1. The second kappa shape index (κ2) is 10.1. The Morgan fingerprint density at radius 3 is 2.52 bits per heavy atom. The summed E-state index contributed by atoms with van der Waals surface area (Å²) in [5.41, 5.74) is 0.905. The minimum atomic E-state index is -3.91. The minimum absolute atomic E-state index is 0.336. The number of benzene rings is 1. The molecule has 3 rings (SSSR count). The van der Waals surface area contributed by atoms with Crippen molar-refractivity contribution < 1.29 is 22.7 Å². The van der Waals surface area contributed by atoms with Gasteiger partial charge in [-0.15, -0.1) is 0 Å². The quantitative estimate of drug-likeness (QED) is 0.617. The van der Waals surface area contributed by atoms with E-state index in [-0.39, 0.29) is 0 Å². The van der Waals surface area contributed by atoms with Gasteiger partial charge in [-0.05, 0) is 30.4 Å². The Kier molecular flexibility index (Phi) is 7.66. The smallest absolute Gasteiger partial charge is 0.263 e. The maximum Gasteiger partial charge on any atom is 0.263 e. The molecular weight excluding hydrogens is 438 g/mol. The highest BCUT2D eigenvalue weighted by Gasteiger charge is 2.29. The zero-order valence-electron chi connectivity index (χ0n) is 18.1. The minimum Gasteiger partial charge on any atom is -0.383 e. The zero-order valence-corrected chi connectivity index (χ0v) is 19.7. The van der Waals surface area contributed by atoms with Crippen molar-refractivity contribution in [3.8, 4) is 0 Å². The Hall–Kier alpha value is -2.04. The number of aromatic nitrogens is 1. The predicted molar refractivity (Wildman–Crippen MR) is 120 cm³/mol. The molecule has 1 saturated heterocycles. The van der Waals surface area contributed by atoms with Gasteiger partial charge in [-0.25, -0.2) is 8.42 Å². The highest BCUT2D eigenvalue weighted by Crippen LogP contribution is 2.21. The van der Waals surface area contributed by atoms with E-state index in [1.54, 1.807) is 12.0 Å². The van der Waals surface area contributed by atoms with Crippen LogP contribution in [0.25, 0.3) is 10.2 Å². The largest absolute Gasteiger partial charge is 0.383 e. The molecular formula is C21H29N3O5S2. The summed E-state index contributed by atoms with van der Waals surface area (Å²) in [6.45, 7) is 6.13. The van der Waals surface area contributed by atoms with Crippen molar-refractivity contribution in [3.63, 3.8) is 0 Å². The van der Waals surface area contributed by atoms with E-state index in [2.05, 4.69) is 18.8 Å². The fourth-order valence-corrected chi connectivity index (χ4v) is 6.20. The lowest BCUT2D eigenvalue weighted by molar-refractivity contribution is -0.131. The zero-order chi connectivity index (χ0) is 22.6. The van der Waals surface area contributed by atoms with Gasteiger partial charge in [0.25, 0.3) is 5.91 Å². The van der Waals surface area contributed by atoms with Crippen molar-refractivity contribution in [3.05, 3.63) is 29.1 Å². The number of carbonyl (C=O) groups is 2. The molecule has 0 radical (unpaired) electrons. The molecule has 2 atom stereocenters. The van der Waals surface area contributed by atoms with Crippen molar-refractivity contribution >= 4 is 43.2 Å². The van der Waals surface area contributed by atoms with Crippen LogP contribution >= 0.6 is 11.3 Å². The van der Waals surface area contributed by atoms with Crippen LogP contribution in [0.3, 0.4) is 0 Å². The number of hydrogen-bond donors (Lipinski definition) is 0. The maximum absolute atomic E-state index is 12.5. The molecule has 8 nitrogen and oxygen atoms in total. The number of fused-ring (bicyclic) bond motifs is 1. The van der Waals surface area contributed by atoms with E-state index in [1.807, 2.05) is 28.8 Å². The van der Waals surface area contributed by atoms with Gasteiger partial charge in [0, 0.05) is 26.7 Å². The number of hydrogen-bond acceptors (Lipinski definition) is 6. The van der Waals surface area contributed by atoms with Crippen LogP contribution in [0.15, 0.2) is 29.3 Å². The Balaban J connectivity index is 1.75. The molecule has 31 heavy (non-hydrogen) atoms. The van der Waals surface area contributed by atoms with Crippen LogP contribution in [-0.4, -0.2) is 68.0 Å². The monoisotopic (exact) mass is 467 g/mol. The summed E-state index contributed by atoms with van der Waals surface area (Å²) >= 11 is 1.32. The third-order valence-electron chi connectivity index (χ3n) is 5.24. The first-order valence-corrected chi connectivity index (χ1v) is 13.0. The van der Waals surface area contributed by atoms with Gasteiger partial charge < -0.3 is 14.2 Å². The lowest BCUT2D eigenvalue weighted by Crippen LogP contribution is -2.45. The van der Waals surface area contributed by atoms with Gasteiger partial charge >= 0.3 is 0 Å². The molecule has 2 heterocycles. The molecule has 0 aliphatic carbocycles. The number of nitrogens with zero attached hydrogens (tertiary/aromatic N) is 3. The van der Waals surface area contributed by atoms with Crippen molar-refractivity contribution in [1.82, 2.24) is 9.47 Å². The van der Waals surface area contributed by atoms with Gasteiger partial charge in [-0.2, -0.15) is 4.99 Å². The van der Waals surface area contributed by atoms with E-state index in [1.165, 1.54) is 11.3 Å². The van der Waals surface area contributed by atoms with Crippen molar-refractivity contribution in [2.24, 2.45) is 16.8 Å². The number of methoxy groups -OCH3 is 1. The van der Waals surface area contributed by atoms with Crippen LogP contribution in [0, 0.1) is 11.8 Å². The highest BCUT2D eigenvalue weighted by atomic mass is 32.2. The second-order valence-corrected chi connectivity index (χ2v) is 11.4. The molecule has 1 aromatic carbocycles. The molecule has 1 aliphatic rings. The number of ether oxygens (including phenoxy) is 1. The summed E-state index contributed by atoms with van der Waals surface area (Å²) in [5.74, 6) is -1.99. The molecule has 2 unspecified atom stereocenters. The van der Waals surface area contributed by atoms with Crippen molar-refractivity contribution in [1.29, 1.82) is 0 Å². The Bertz CT molecular complexity index is 1110. The fourth-order valence-electron chi connectivity index (χ4n) is 4.03. The van der Waals surface area contributed by atoms with E-state index in [9.17, 15) is 18.0 Å². The first kappa shape index (κ1) is 23.6. The molecule has 0 spiro atoms. The predicted octanol–water partition coefficient (Wildman–Crippen LogP) is 1.70. The SMILES string of the molecule is COCCn1c(=NC(=O)CS(=O)(=O)CC(=O)N2CC(C)CC(C)C2)sc2ccccc21. The number of piperidine rings is 1. The average Bonchev–Trinajstić information content (AvgIpc) is 3.01. The van der Waals surface area contributed by atoms with E-state index in [0.717, 1.165) is 16.6 Å². The van der Waals surface area contributed by atoms with E-state index in [4.69, 9.17) is 4.74 Å². The van der Waals surface area contributed by atoms with E-state index < -0.39 is 33.2 Å². The van der Waals surface area contributed by atoms with E-state index >= 15 is 0 Å².